The first-order chi connectivity index (χ1) is 11.8. The van der Waals surface area contributed by atoms with Gasteiger partial charge in [0.05, 0.1) is 5.56 Å². The number of hydrogen-bond acceptors (Lipinski definition) is 2. The summed E-state index contributed by atoms with van der Waals surface area (Å²) in [5, 5.41) is 2.55. The molecular weight excluding hydrogens is 333 g/mol. The van der Waals surface area contributed by atoms with Crippen molar-refractivity contribution in [2.75, 3.05) is 18.4 Å². The number of nitrogens with one attached hydrogen (secondary N) is 1. The number of aryl methyl sites for hydroxylation is 1. The molecule has 134 valence electrons. The molecular formula is C17H19F3N4O. The van der Waals surface area contributed by atoms with Gasteiger partial charge in [-0.3, -0.25) is 0 Å². The fourth-order valence-corrected chi connectivity index (χ4v) is 3.09. The normalized spacial score (nSPS) is 16.1. The number of alkyl halides is 3. The first-order valence-corrected chi connectivity index (χ1v) is 8.05. The van der Waals surface area contributed by atoms with E-state index in [1.54, 1.807) is 11.1 Å². The molecule has 1 aromatic carbocycles. The van der Waals surface area contributed by atoms with Crippen molar-refractivity contribution in [1.82, 2.24) is 14.5 Å². The number of urea groups is 1. The first-order valence-electron chi connectivity index (χ1n) is 8.05. The lowest BCUT2D eigenvalue weighted by Gasteiger charge is -2.31. The molecule has 0 atom stereocenters. The van der Waals surface area contributed by atoms with Crippen molar-refractivity contribution >= 4 is 11.7 Å². The van der Waals surface area contributed by atoms with E-state index in [-0.39, 0.29) is 17.6 Å². The van der Waals surface area contributed by atoms with Gasteiger partial charge in [0, 0.05) is 44.1 Å². The molecule has 5 nitrogen and oxygen atoms in total. The molecule has 2 heterocycles. The molecule has 2 aromatic rings. The van der Waals surface area contributed by atoms with E-state index in [4.69, 9.17) is 0 Å². The average Bonchev–Trinajstić information content (AvgIpc) is 3.00. The Morgan fingerprint density at radius 1 is 1.28 bits per heavy atom. The highest BCUT2D eigenvalue weighted by Gasteiger charge is 2.31. The second kappa shape index (κ2) is 6.78. The number of amides is 2. The number of carbonyl (C=O) groups excluding carboxylic acids is 1. The number of hydrogen-bond donors (Lipinski definition) is 1. The number of halogens is 3. The lowest BCUT2D eigenvalue weighted by atomic mass is 9.96. The summed E-state index contributed by atoms with van der Waals surface area (Å²) in [7, 11) is 1.94. The van der Waals surface area contributed by atoms with E-state index in [1.165, 1.54) is 12.1 Å². The second-order valence-electron chi connectivity index (χ2n) is 6.17. The number of rotatable bonds is 2. The van der Waals surface area contributed by atoms with Gasteiger partial charge in [-0.1, -0.05) is 6.07 Å². The van der Waals surface area contributed by atoms with E-state index in [1.807, 2.05) is 17.8 Å². The number of imidazole rings is 1. The van der Waals surface area contributed by atoms with E-state index in [0.717, 1.165) is 30.8 Å². The van der Waals surface area contributed by atoms with E-state index in [9.17, 15) is 18.0 Å². The summed E-state index contributed by atoms with van der Waals surface area (Å²) in [4.78, 5) is 18.3. The fraction of sp³-hybridized carbons (Fsp3) is 0.412. The monoisotopic (exact) mass is 352 g/mol. The molecule has 0 spiro atoms. The fourth-order valence-electron chi connectivity index (χ4n) is 3.09. The number of likely N-dealkylation sites (tertiary alicyclic amines) is 1. The van der Waals surface area contributed by atoms with E-state index < -0.39 is 11.7 Å². The largest absolute Gasteiger partial charge is 0.416 e. The SMILES string of the molecule is Cn1ccnc1C1CCN(C(=O)Nc2cccc(C(F)(F)F)c2)CC1. The molecule has 1 aromatic heterocycles. The van der Waals surface area contributed by atoms with Gasteiger partial charge in [0.1, 0.15) is 5.82 Å². The number of aromatic nitrogens is 2. The maximum absolute atomic E-state index is 12.7. The minimum absolute atomic E-state index is 0.144. The smallest absolute Gasteiger partial charge is 0.338 e. The van der Waals surface area contributed by atoms with Crippen LogP contribution < -0.4 is 5.32 Å². The summed E-state index contributed by atoms with van der Waals surface area (Å²) >= 11 is 0. The zero-order valence-electron chi connectivity index (χ0n) is 13.8. The van der Waals surface area contributed by atoms with Gasteiger partial charge in [0.2, 0.25) is 0 Å². The predicted molar refractivity (Wildman–Crippen MR) is 87.2 cm³/mol. The van der Waals surface area contributed by atoms with Crippen molar-refractivity contribution in [3.8, 4) is 0 Å². The number of benzene rings is 1. The molecule has 8 heteroatoms. The van der Waals surface area contributed by atoms with Crippen molar-refractivity contribution in [1.29, 1.82) is 0 Å². The minimum Gasteiger partial charge on any atom is -0.338 e. The van der Waals surface area contributed by atoms with Gasteiger partial charge in [0.25, 0.3) is 0 Å². The average molecular weight is 352 g/mol. The molecule has 0 saturated carbocycles. The van der Waals surface area contributed by atoms with Crippen molar-refractivity contribution in [3.63, 3.8) is 0 Å². The van der Waals surface area contributed by atoms with Gasteiger partial charge in [-0.2, -0.15) is 13.2 Å². The van der Waals surface area contributed by atoms with Crippen LogP contribution in [0.4, 0.5) is 23.7 Å². The van der Waals surface area contributed by atoms with Gasteiger partial charge in [-0.15, -0.1) is 0 Å². The molecule has 1 saturated heterocycles. The molecule has 0 radical (unpaired) electrons. The molecule has 0 bridgehead atoms. The number of nitrogens with zero attached hydrogens (tertiary/aromatic N) is 3. The predicted octanol–water partition coefficient (Wildman–Crippen LogP) is 3.85. The molecule has 1 aliphatic heterocycles. The Labute approximate surface area is 143 Å². The van der Waals surface area contributed by atoms with Crippen molar-refractivity contribution < 1.29 is 18.0 Å². The maximum Gasteiger partial charge on any atom is 0.416 e. The Balaban J connectivity index is 1.59. The second-order valence-corrected chi connectivity index (χ2v) is 6.17. The molecule has 1 N–H and O–H groups in total. The Hall–Kier alpha value is -2.51. The summed E-state index contributed by atoms with van der Waals surface area (Å²) in [6, 6.07) is 4.28. The van der Waals surface area contributed by atoms with Crippen LogP contribution in [0.15, 0.2) is 36.7 Å². The summed E-state index contributed by atoms with van der Waals surface area (Å²) in [6.45, 7) is 1.09. The van der Waals surface area contributed by atoms with E-state index >= 15 is 0 Å². The minimum atomic E-state index is -4.43. The van der Waals surface area contributed by atoms with Crippen LogP contribution in [-0.4, -0.2) is 33.6 Å². The highest BCUT2D eigenvalue weighted by Crippen LogP contribution is 2.31. The van der Waals surface area contributed by atoms with Gasteiger partial charge in [0.15, 0.2) is 0 Å². The molecule has 0 aliphatic carbocycles. The highest BCUT2D eigenvalue weighted by molar-refractivity contribution is 5.89. The quantitative estimate of drug-likeness (QED) is 0.892. The summed E-state index contributed by atoms with van der Waals surface area (Å²) in [6.07, 6.45) is 0.771. The van der Waals surface area contributed by atoms with Crippen LogP contribution in [0.5, 0.6) is 0 Å². The molecule has 2 amide bonds. The van der Waals surface area contributed by atoms with Gasteiger partial charge >= 0.3 is 12.2 Å². The van der Waals surface area contributed by atoms with Gasteiger partial charge in [-0.05, 0) is 31.0 Å². The zero-order chi connectivity index (χ0) is 18.0. The van der Waals surface area contributed by atoms with Crippen LogP contribution in [0, 0.1) is 0 Å². The zero-order valence-corrected chi connectivity index (χ0v) is 13.8. The van der Waals surface area contributed by atoms with Crippen LogP contribution in [-0.2, 0) is 13.2 Å². The Bertz CT molecular complexity index is 748. The van der Waals surface area contributed by atoms with E-state index in [2.05, 4.69) is 10.3 Å². The maximum atomic E-state index is 12.7. The van der Waals surface area contributed by atoms with Crippen LogP contribution in [0.2, 0.25) is 0 Å². The standard InChI is InChI=1S/C17H19F3N4O/c1-23-10-7-21-15(23)12-5-8-24(9-6-12)16(25)22-14-4-2-3-13(11-14)17(18,19)20/h2-4,7,10-12H,5-6,8-9H2,1H3,(H,22,25). The molecule has 0 unspecified atom stereocenters. The Morgan fingerprint density at radius 3 is 2.60 bits per heavy atom. The number of piperidine rings is 1. The van der Waals surface area contributed by atoms with Gasteiger partial charge in [-0.25, -0.2) is 9.78 Å². The van der Waals surface area contributed by atoms with Crippen LogP contribution in [0.3, 0.4) is 0 Å². The molecule has 25 heavy (non-hydrogen) atoms. The van der Waals surface area contributed by atoms with Crippen molar-refractivity contribution in [3.05, 3.63) is 48.0 Å². The third kappa shape index (κ3) is 3.94. The van der Waals surface area contributed by atoms with Crippen LogP contribution >= 0.6 is 0 Å². The summed E-state index contributed by atoms with van der Waals surface area (Å²) in [5.74, 6) is 1.29. The van der Waals surface area contributed by atoms with Gasteiger partial charge < -0.3 is 14.8 Å². The van der Waals surface area contributed by atoms with Crippen LogP contribution in [0.25, 0.3) is 0 Å². The lowest BCUT2D eigenvalue weighted by Crippen LogP contribution is -2.40. The topological polar surface area (TPSA) is 50.2 Å². The third-order valence-electron chi connectivity index (χ3n) is 4.45. The lowest BCUT2D eigenvalue weighted by molar-refractivity contribution is -0.137. The number of anilines is 1. The highest BCUT2D eigenvalue weighted by atomic mass is 19.4. The molecule has 1 aliphatic rings. The summed E-state index contributed by atoms with van der Waals surface area (Å²) in [5.41, 5.74) is -0.634. The molecule has 3 rings (SSSR count). The Kier molecular flexibility index (Phi) is 4.69. The molecule has 1 fully saturated rings. The van der Waals surface area contributed by atoms with Crippen molar-refractivity contribution in [2.45, 2.75) is 24.9 Å². The van der Waals surface area contributed by atoms with Crippen molar-refractivity contribution in [2.24, 2.45) is 7.05 Å². The Morgan fingerprint density at radius 2 is 2.00 bits per heavy atom. The third-order valence-corrected chi connectivity index (χ3v) is 4.45. The first kappa shape index (κ1) is 17.3. The van der Waals surface area contributed by atoms with Crippen LogP contribution in [0.1, 0.15) is 30.1 Å². The number of carbonyl (C=O) groups is 1. The van der Waals surface area contributed by atoms with E-state index in [0.29, 0.717) is 13.1 Å². The summed E-state index contributed by atoms with van der Waals surface area (Å²) < 4.78 is 40.2.